The molecule has 27 heavy (non-hydrogen) atoms. The molecule has 2 fully saturated rings. The van der Waals surface area contributed by atoms with E-state index >= 15 is 0 Å². The number of rotatable bonds is 6. The zero-order valence-corrected chi connectivity index (χ0v) is 17.0. The van der Waals surface area contributed by atoms with E-state index in [2.05, 4.69) is 0 Å². The van der Waals surface area contributed by atoms with Gasteiger partial charge >= 0.3 is 0 Å². The van der Waals surface area contributed by atoms with Gasteiger partial charge in [-0.15, -0.1) is 0 Å². The Morgan fingerprint density at radius 2 is 2.04 bits per heavy atom. The van der Waals surface area contributed by atoms with Gasteiger partial charge in [0, 0.05) is 24.7 Å². The van der Waals surface area contributed by atoms with Gasteiger partial charge in [0.2, 0.25) is 0 Å². The number of likely N-dealkylation sites (tertiary alicyclic amines) is 1. The minimum Gasteiger partial charge on any atom is -0.490 e. The normalized spacial score (nSPS) is 21.5. The van der Waals surface area contributed by atoms with Crippen molar-refractivity contribution in [2.24, 2.45) is 0 Å². The number of ether oxygens (including phenoxy) is 3. The van der Waals surface area contributed by atoms with Crippen molar-refractivity contribution in [2.45, 2.75) is 64.3 Å². The molecule has 6 heteroatoms. The van der Waals surface area contributed by atoms with Gasteiger partial charge in [-0.25, -0.2) is 0 Å². The number of hydrogen-bond donors (Lipinski definition) is 0. The lowest BCUT2D eigenvalue weighted by atomic mass is 10.1. The lowest BCUT2D eigenvalue weighted by Crippen LogP contribution is -2.41. The molecule has 1 aromatic carbocycles. The number of carbonyl (C=O) groups excluding carboxylic acids is 1. The maximum absolute atomic E-state index is 13.0. The van der Waals surface area contributed by atoms with E-state index in [1.807, 2.05) is 18.7 Å². The summed E-state index contributed by atoms with van der Waals surface area (Å²) in [5.41, 5.74) is 0.533. The van der Waals surface area contributed by atoms with Crippen LogP contribution in [0.4, 0.5) is 0 Å². The van der Waals surface area contributed by atoms with Crippen molar-refractivity contribution in [2.75, 3.05) is 26.3 Å². The van der Waals surface area contributed by atoms with E-state index in [4.69, 9.17) is 25.8 Å². The van der Waals surface area contributed by atoms with E-state index < -0.39 is 0 Å². The summed E-state index contributed by atoms with van der Waals surface area (Å²) in [5.74, 6) is 0.564. The van der Waals surface area contributed by atoms with Crippen LogP contribution in [0.15, 0.2) is 18.2 Å². The third kappa shape index (κ3) is 5.84. The van der Waals surface area contributed by atoms with Gasteiger partial charge in [0.05, 0.1) is 30.5 Å². The van der Waals surface area contributed by atoms with Gasteiger partial charge in [0.25, 0.3) is 5.91 Å². The van der Waals surface area contributed by atoms with Crippen molar-refractivity contribution in [3.63, 3.8) is 0 Å². The second-order valence-electron chi connectivity index (χ2n) is 7.62. The molecule has 0 N–H and O–H groups in total. The van der Waals surface area contributed by atoms with Crippen LogP contribution < -0.4 is 4.74 Å². The van der Waals surface area contributed by atoms with Crippen LogP contribution in [0.3, 0.4) is 0 Å². The Labute approximate surface area is 166 Å². The molecule has 0 spiro atoms. The third-order valence-corrected chi connectivity index (χ3v) is 5.29. The summed E-state index contributed by atoms with van der Waals surface area (Å²) in [6.07, 6.45) is 5.60. The molecule has 0 bridgehead atoms. The lowest BCUT2D eigenvalue weighted by molar-refractivity contribution is -0.0733. The maximum Gasteiger partial charge on any atom is 0.257 e. The molecule has 2 aliphatic rings. The zero-order chi connectivity index (χ0) is 19.2. The zero-order valence-electron chi connectivity index (χ0n) is 16.3. The van der Waals surface area contributed by atoms with Crippen molar-refractivity contribution in [3.8, 4) is 5.75 Å². The summed E-state index contributed by atoms with van der Waals surface area (Å²) in [6, 6.07) is 5.23. The van der Waals surface area contributed by atoms with E-state index in [0.717, 1.165) is 32.3 Å². The first-order chi connectivity index (χ1) is 13.0. The van der Waals surface area contributed by atoms with Crippen molar-refractivity contribution >= 4 is 17.5 Å². The fraction of sp³-hybridized carbons (Fsp3) is 0.667. The summed E-state index contributed by atoms with van der Waals surface area (Å²) >= 11 is 6.12. The van der Waals surface area contributed by atoms with Gasteiger partial charge in [-0.3, -0.25) is 4.79 Å². The Hall–Kier alpha value is -1.30. The highest BCUT2D eigenvalue weighted by Gasteiger charge is 2.27. The number of piperidine rings is 1. The number of halogens is 1. The number of benzene rings is 1. The van der Waals surface area contributed by atoms with Crippen LogP contribution in [-0.4, -0.2) is 55.4 Å². The quantitative estimate of drug-likeness (QED) is 0.719. The van der Waals surface area contributed by atoms with Crippen molar-refractivity contribution in [1.82, 2.24) is 4.90 Å². The Morgan fingerprint density at radius 3 is 2.70 bits per heavy atom. The fourth-order valence-electron chi connectivity index (χ4n) is 3.60. The molecule has 2 heterocycles. The van der Waals surface area contributed by atoms with Crippen LogP contribution in [0.2, 0.25) is 5.02 Å². The van der Waals surface area contributed by atoms with E-state index in [-0.39, 0.29) is 24.2 Å². The average molecular weight is 396 g/mol. The maximum atomic E-state index is 13.0. The molecule has 0 radical (unpaired) electrons. The molecule has 0 aromatic heterocycles. The van der Waals surface area contributed by atoms with Gasteiger partial charge < -0.3 is 19.1 Å². The predicted octanol–water partition coefficient (Wildman–Crippen LogP) is 4.32. The number of carbonyl (C=O) groups is 1. The molecule has 1 atom stereocenters. The Kier molecular flexibility index (Phi) is 7.39. The summed E-state index contributed by atoms with van der Waals surface area (Å²) in [4.78, 5) is 14.9. The molecule has 0 aliphatic carbocycles. The van der Waals surface area contributed by atoms with Crippen molar-refractivity contribution in [3.05, 3.63) is 28.8 Å². The summed E-state index contributed by atoms with van der Waals surface area (Å²) < 4.78 is 17.6. The molecule has 3 rings (SSSR count). The minimum atomic E-state index is -0.0257. The highest BCUT2D eigenvalue weighted by Crippen LogP contribution is 2.27. The molecule has 150 valence electrons. The molecular weight excluding hydrogens is 366 g/mol. The summed E-state index contributed by atoms with van der Waals surface area (Å²) in [6.45, 7) is 6.77. The van der Waals surface area contributed by atoms with Crippen LogP contribution in [0, 0.1) is 0 Å². The number of amides is 1. The second kappa shape index (κ2) is 9.76. The molecule has 2 aliphatic heterocycles. The highest BCUT2D eigenvalue weighted by atomic mass is 35.5. The van der Waals surface area contributed by atoms with Gasteiger partial charge in [-0.2, -0.15) is 0 Å². The van der Waals surface area contributed by atoms with Gasteiger partial charge in [-0.1, -0.05) is 11.6 Å². The molecule has 1 unspecified atom stereocenters. The smallest absolute Gasteiger partial charge is 0.257 e. The Balaban J connectivity index is 1.53. The van der Waals surface area contributed by atoms with E-state index in [1.165, 1.54) is 6.42 Å². The van der Waals surface area contributed by atoms with Crippen LogP contribution in [-0.2, 0) is 9.47 Å². The van der Waals surface area contributed by atoms with E-state index in [9.17, 15) is 4.79 Å². The number of hydrogen-bond acceptors (Lipinski definition) is 4. The molecule has 1 aromatic rings. The summed E-state index contributed by atoms with van der Waals surface area (Å²) in [5, 5.41) is 0.542. The molecule has 0 saturated carbocycles. The van der Waals surface area contributed by atoms with Gasteiger partial charge in [0.15, 0.2) is 0 Å². The minimum absolute atomic E-state index is 0.00105. The number of nitrogens with zero attached hydrogens (tertiary/aromatic N) is 1. The lowest BCUT2D eigenvalue weighted by Gasteiger charge is -2.33. The first-order valence-electron chi connectivity index (χ1n) is 10.0. The van der Waals surface area contributed by atoms with Crippen LogP contribution in [0.1, 0.15) is 56.3 Å². The first kappa shape index (κ1) is 20.4. The van der Waals surface area contributed by atoms with Crippen LogP contribution in [0.5, 0.6) is 5.75 Å². The third-order valence-electron chi connectivity index (χ3n) is 5.06. The van der Waals surface area contributed by atoms with Crippen molar-refractivity contribution < 1.29 is 19.0 Å². The Bertz CT molecular complexity index is 623. The highest BCUT2D eigenvalue weighted by molar-refractivity contribution is 6.31. The van der Waals surface area contributed by atoms with Crippen LogP contribution >= 0.6 is 11.6 Å². The first-order valence-corrected chi connectivity index (χ1v) is 10.4. The molecule has 5 nitrogen and oxygen atoms in total. The Morgan fingerprint density at radius 1 is 1.26 bits per heavy atom. The van der Waals surface area contributed by atoms with Crippen molar-refractivity contribution in [1.29, 1.82) is 0 Å². The molecular formula is C21H30ClNO4. The summed E-state index contributed by atoms with van der Waals surface area (Å²) in [7, 11) is 0. The fourth-order valence-corrected chi connectivity index (χ4v) is 3.78. The second-order valence-corrected chi connectivity index (χ2v) is 8.06. The van der Waals surface area contributed by atoms with Gasteiger partial charge in [0.1, 0.15) is 5.75 Å². The monoisotopic (exact) mass is 395 g/mol. The van der Waals surface area contributed by atoms with E-state index in [0.29, 0.717) is 36.0 Å². The van der Waals surface area contributed by atoms with Gasteiger partial charge in [-0.05, 0) is 64.2 Å². The SMILES string of the molecule is CC(C)Oc1ccc(Cl)cc1C(=O)N1CCC(OCC2CCCCO2)CC1. The predicted molar refractivity (Wildman–Crippen MR) is 106 cm³/mol. The average Bonchev–Trinajstić information content (AvgIpc) is 2.68. The molecule has 2 saturated heterocycles. The van der Waals surface area contributed by atoms with Crippen LogP contribution in [0.25, 0.3) is 0 Å². The molecule has 1 amide bonds. The van der Waals surface area contributed by atoms with E-state index in [1.54, 1.807) is 18.2 Å². The standard InChI is InChI=1S/C21H30ClNO4/c1-15(2)27-20-7-6-16(22)13-19(20)21(24)23-10-8-17(9-11-23)26-14-18-5-3-4-12-25-18/h6-7,13,15,17-18H,3-5,8-12,14H2,1-2H3. The largest absolute Gasteiger partial charge is 0.490 e. The topological polar surface area (TPSA) is 48.0 Å².